The molecule has 1 aliphatic rings. The molecule has 1 aliphatic heterocycles. The van der Waals surface area contributed by atoms with Crippen LogP contribution in [-0.4, -0.2) is 42.1 Å². The van der Waals surface area contributed by atoms with Crippen molar-refractivity contribution in [2.24, 2.45) is 0 Å². The summed E-state index contributed by atoms with van der Waals surface area (Å²) < 4.78 is 73.8. The van der Waals surface area contributed by atoms with Gasteiger partial charge in [-0.05, 0) is 42.5 Å². The number of hydrogen-bond donors (Lipinski definition) is 2. The van der Waals surface area contributed by atoms with Gasteiger partial charge in [0.15, 0.2) is 11.6 Å². The first-order chi connectivity index (χ1) is 18.2. The number of halogens is 5. The van der Waals surface area contributed by atoms with Crippen molar-refractivity contribution in [3.63, 3.8) is 0 Å². The van der Waals surface area contributed by atoms with Gasteiger partial charge in [0.2, 0.25) is 5.82 Å². The maximum atomic E-state index is 14.8. The number of aromatic nitrogens is 2. The first-order valence-electron chi connectivity index (χ1n) is 11.6. The smallest absolute Gasteiger partial charge is 0.416 e. The number of benzene rings is 3. The van der Waals surface area contributed by atoms with Crippen molar-refractivity contribution >= 4 is 28.4 Å². The minimum absolute atomic E-state index is 0.184. The highest BCUT2D eigenvalue weighted by Gasteiger charge is 2.31. The van der Waals surface area contributed by atoms with Crippen LogP contribution in [0, 0.1) is 11.6 Å². The molecular weight excluding hydrogens is 509 g/mol. The van der Waals surface area contributed by atoms with Crippen molar-refractivity contribution in [2.45, 2.75) is 6.18 Å². The average Bonchev–Trinajstić information content (AvgIpc) is 2.92. The number of nitrogens with zero attached hydrogens (tertiary/aromatic N) is 3. The second-order valence-corrected chi connectivity index (χ2v) is 8.49. The van der Waals surface area contributed by atoms with Gasteiger partial charge in [0.1, 0.15) is 11.6 Å². The summed E-state index contributed by atoms with van der Waals surface area (Å²) in [6, 6.07) is 10.5. The Morgan fingerprint density at radius 1 is 0.974 bits per heavy atom. The Labute approximate surface area is 213 Å². The zero-order valence-corrected chi connectivity index (χ0v) is 19.6. The molecule has 3 aromatic carbocycles. The number of rotatable bonds is 5. The lowest BCUT2D eigenvalue weighted by Crippen LogP contribution is -2.43. The third-order valence-electron chi connectivity index (χ3n) is 5.92. The summed E-state index contributed by atoms with van der Waals surface area (Å²) >= 11 is 0. The normalized spacial score (nSPS) is 14.0. The standard InChI is InChI=1S/C26H20F5N5O2/c27-23-19(35-25(37)15-2-1-3-16(12-15)26(29,30)31)6-7-21(24(23)28)38-17-4-5-18-20(13-17)34-22(14-33-18)36-10-8-32-9-11-36/h1-7,12-14,32H,8-11H2,(H,35,37). The van der Waals surface area contributed by atoms with Gasteiger partial charge in [0.25, 0.3) is 5.91 Å². The highest BCUT2D eigenvalue weighted by Crippen LogP contribution is 2.32. The van der Waals surface area contributed by atoms with Crippen LogP contribution in [0.15, 0.2) is 60.8 Å². The number of nitrogens with one attached hydrogen (secondary N) is 2. The van der Waals surface area contributed by atoms with E-state index in [4.69, 9.17) is 4.74 Å². The minimum atomic E-state index is -4.66. The molecule has 7 nitrogen and oxygen atoms in total. The summed E-state index contributed by atoms with van der Waals surface area (Å²) in [6.07, 6.45) is -2.98. The quantitative estimate of drug-likeness (QED) is 0.338. The number of carbonyl (C=O) groups is 1. The van der Waals surface area contributed by atoms with Crippen molar-refractivity contribution < 1.29 is 31.5 Å². The predicted octanol–water partition coefficient (Wildman–Crippen LogP) is 5.38. The Morgan fingerprint density at radius 3 is 2.53 bits per heavy atom. The lowest BCUT2D eigenvalue weighted by atomic mass is 10.1. The molecule has 12 heteroatoms. The Bertz CT molecular complexity index is 1510. The molecule has 0 unspecified atom stereocenters. The molecule has 38 heavy (non-hydrogen) atoms. The molecule has 0 radical (unpaired) electrons. The zero-order valence-electron chi connectivity index (χ0n) is 19.6. The molecule has 0 spiro atoms. The van der Waals surface area contributed by atoms with Crippen LogP contribution in [0.1, 0.15) is 15.9 Å². The molecule has 1 aromatic heterocycles. The summed E-state index contributed by atoms with van der Waals surface area (Å²) in [5.74, 6) is -3.42. The van der Waals surface area contributed by atoms with E-state index < -0.39 is 40.7 Å². The van der Waals surface area contributed by atoms with Gasteiger partial charge in [-0.3, -0.25) is 9.78 Å². The molecule has 196 valence electrons. The van der Waals surface area contributed by atoms with E-state index in [2.05, 4.69) is 25.5 Å². The predicted molar refractivity (Wildman–Crippen MR) is 130 cm³/mol. The molecule has 0 aliphatic carbocycles. The molecule has 2 heterocycles. The van der Waals surface area contributed by atoms with Gasteiger partial charge in [-0.2, -0.15) is 17.6 Å². The fraction of sp³-hybridized carbons (Fsp3) is 0.192. The van der Waals surface area contributed by atoms with E-state index in [-0.39, 0.29) is 11.3 Å². The van der Waals surface area contributed by atoms with Crippen molar-refractivity contribution in [3.05, 3.63) is 83.6 Å². The van der Waals surface area contributed by atoms with Gasteiger partial charge in [-0.1, -0.05) is 6.07 Å². The van der Waals surface area contributed by atoms with Crippen LogP contribution in [-0.2, 0) is 6.18 Å². The number of alkyl halides is 3. The SMILES string of the molecule is O=C(Nc1ccc(Oc2ccc3ncc(N4CCNCC4)nc3c2)c(F)c1F)c1cccc(C(F)(F)F)c1. The molecule has 1 saturated heterocycles. The summed E-state index contributed by atoms with van der Waals surface area (Å²) in [6.45, 7) is 3.20. The largest absolute Gasteiger partial charge is 0.454 e. The van der Waals surface area contributed by atoms with Crippen molar-refractivity contribution in [2.75, 3.05) is 36.4 Å². The lowest BCUT2D eigenvalue weighted by molar-refractivity contribution is -0.137. The fourth-order valence-electron chi connectivity index (χ4n) is 3.96. The van der Waals surface area contributed by atoms with Crippen LogP contribution in [0.25, 0.3) is 11.0 Å². The maximum absolute atomic E-state index is 14.8. The number of ether oxygens (including phenoxy) is 1. The number of piperazine rings is 1. The van der Waals surface area contributed by atoms with E-state index >= 15 is 0 Å². The van der Waals surface area contributed by atoms with E-state index in [1.165, 1.54) is 6.07 Å². The van der Waals surface area contributed by atoms with E-state index in [1.807, 2.05) is 0 Å². The number of fused-ring (bicyclic) bond motifs is 1. The van der Waals surface area contributed by atoms with E-state index in [9.17, 15) is 26.7 Å². The van der Waals surface area contributed by atoms with Crippen LogP contribution < -0.4 is 20.3 Å². The van der Waals surface area contributed by atoms with Gasteiger partial charge in [0.05, 0.1) is 28.5 Å². The first-order valence-corrected chi connectivity index (χ1v) is 11.6. The molecule has 1 fully saturated rings. The van der Waals surface area contributed by atoms with Gasteiger partial charge >= 0.3 is 6.18 Å². The topological polar surface area (TPSA) is 79.4 Å². The van der Waals surface area contributed by atoms with Gasteiger partial charge in [0, 0.05) is 37.8 Å². The summed E-state index contributed by atoms with van der Waals surface area (Å²) in [5.41, 5.74) is -0.861. The van der Waals surface area contributed by atoms with Crippen molar-refractivity contribution in [1.82, 2.24) is 15.3 Å². The number of carbonyl (C=O) groups excluding carboxylic acids is 1. The molecule has 0 bridgehead atoms. The Morgan fingerprint density at radius 2 is 1.76 bits per heavy atom. The maximum Gasteiger partial charge on any atom is 0.416 e. The number of amides is 1. The Kier molecular flexibility index (Phi) is 6.81. The van der Waals surface area contributed by atoms with Crippen LogP contribution in [0.5, 0.6) is 11.5 Å². The lowest BCUT2D eigenvalue weighted by Gasteiger charge is -2.28. The highest BCUT2D eigenvalue weighted by molar-refractivity contribution is 6.04. The Balaban J connectivity index is 1.34. The average molecular weight is 529 g/mol. The molecule has 4 aromatic rings. The van der Waals surface area contributed by atoms with Gasteiger partial charge in [-0.15, -0.1) is 0 Å². The summed E-state index contributed by atoms with van der Waals surface area (Å²) in [4.78, 5) is 23.5. The zero-order chi connectivity index (χ0) is 26.9. The molecule has 0 atom stereocenters. The second-order valence-electron chi connectivity index (χ2n) is 8.49. The molecule has 2 N–H and O–H groups in total. The molecule has 0 saturated carbocycles. The highest BCUT2D eigenvalue weighted by atomic mass is 19.4. The van der Waals surface area contributed by atoms with Gasteiger partial charge < -0.3 is 20.3 Å². The minimum Gasteiger partial charge on any atom is -0.454 e. The third kappa shape index (κ3) is 5.35. The van der Waals surface area contributed by atoms with E-state index in [0.29, 0.717) is 22.9 Å². The molecule has 5 rings (SSSR count). The van der Waals surface area contributed by atoms with Gasteiger partial charge in [-0.25, -0.2) is 9.37 Å². The van der Waals surface area contributed by atoms with Crippen molar-refractivity contribution in [1.29, 1.82) is 0 Å². The number of anilines is 2. The third-order valence-corrected chi connectivity index (χ3v) is 5.92. The van der Waals surface area contributed by atoms with Crippen LogP contribution >= 0.6 is 0 Å². The van der Waals surface area contributed by atoms with Crippen LogP contribution in [0.3, 0.4) is 0 Å². The van der Waals surface area contributed by atoms with Crippen molar-refractivity contribution in [3.8, 4) is 11.5 Å². The molecular formula is C26H20F5N5O2. The summed E-state index contributed by atoms with van der Waals surface area (Å²) in [5, 5.41) is 5.35. The second kappa shape index (κ2) is 10.2. The van der Waals surface area contributed by atoms with E-state index in [1.54, 1.807) is 18.3 Å². The van der Waals surface area contributed by atoms with Crippen LogP contribution in [0.4, 0.5) is 33.5 Å². The monoisotopic (exact) mass is 529 g/mol. The first kappa shape index (κ1) is 25.3. The number of hydrogen-bond acceptors (Lipinski definition) is 6. The Hall–Kier alpha value is -4.32. The molecule has 1 amide bonds. The van der Waals surface area contributed by atoms with E-state index in [0.717, 1.165) is 56.5 Å². The fourth-order valence-corrected chi connectivity index (χ4v) is 3.96. The summed E-state index contributed by atoms with van der Waals surface area (Å²) in [7, 11) is 0. The van der Waals surface area contributed by atoms with Crippen LogP contribution in [0.2, 0.25) is 0 Å².